The Morgan fingerprint density at radius 1 is 0.825 bits per heavy atom. The largest absolute Gasteiger partial charge is 0.491 e. The molecule has 0 saturated carbocycles. The highest BCUT2D eigenvalue weighted by atomic mass is 19.4. The Morgan fingerprint density at radius 2 is 1.55 bits per heavy atom. The van der Waals surface area contributed by atoms with E-state index < -0.39 is 33.4 Å². The van der Waals surface area contributed by atoms with Crippen LogP contribution in [0.1, 0.15) is 27.8 Å². The lowest BCUT2D eigenvalue weighted by atomic mass is 9.77. The molecule has 5 nitrogen and oxygen atoms in total. The van der Waals surface area contributed by atoms with E-state index in [-0.39, 0.29) is 25.6 Å². The maximum atomic E-state index is 15.2. The molecule has 0 saturated heterocycles. The molecule has 9 heteroatoms. The summed E-state index contributed by atoms with van der Waals surface area (Å²) in [4.78, 5) is 15.2. The van der Waals surface area contributed by atoms with Crippen molar-refractivity contribution in [2.45, 2.75) is 25.1 Å². The fourth-order valence-electron chi connectivity index (χ4n) is 6.35. The van der Waals surface area contributed by atoms with Crippen LogP contribution in [0.15, 0.2) is 78.9 Å². The van der Waals surface area contributed by atoms with Gasteiger partial charge in [0.05, 0.1) is 0 Å². The van der Waals surface area contributed by atoms with E-state index in [9.17, 15) is 17.6 Å². The van der Waals surface area contributed by atoms with Gasteiger partial charge in [-0.3, -0.25) is 0 Å². The molecule has 0 aromatic heterocycles. The Kier molecular flexibility index (Phi) is 5.13. The topological polar surface area (TPSA) is 44.8 Å². The van der Waals surface area contributed by atoms with Crippen molar-refractivity contribution in [1.82, 2.24) is 4.48 Å². The molecule has 2 atom stereocenters. The Morgan fingerprint density at radius 3 is 2.33 bits per heavy atom. The van der Waals surface area contributed by atoms with Gasteiger partial charge in [-0.15, -0.1) is 0 Å². The van der Waals surface area contributed by atoms with Gasteiger partial charge in [-0.2, -0.15) is 17.7 Å². The predicted octanol–water partition coefficient (Wildman–Crippen LogP) is 6.94. The molecule has 3 aliphatic rings. The number of alkyl halides is 3. The molecule has 0 bridgehead atoms. The third-order valence-electron chi connectivity index (χ3n) is 8.21. The Balaban J connectivity index is 1.57. The molecular weight excluding hydrogens is 526 g/mol. The van der Waals surface area contributed by atoms with Crippen molar-refractivity contribution in [2.24, 2.45) is 0 Å². The first kappa shape index (κ1) is 24.7. The van der Waals surface area contributed by atoms with Gasteiger partial charge in [0.1, 0.15) is 30.3 Å². The maximum Gasteiger partial charge on any atom is 0.422 e. The van der Waals surface area contributed by atoms with Crippen LogP contribution in [-0.2, 0) is 22.9 Å². The fourth-order valence-corrected chi connectivity index (χ4v) is 6.35. The summed E-state index contributed by atoms with van der Waals surface area (Å²) in [5, 5.41) is 0. The SMILES string of the molecule is Cc1ccccc1C[N+]1(c2ccc(F)cc2C(F)(F)F)C(=O)C2(COc3cc4c(cc32)OCO4)c2ccccc21. The van der Waals surface area contributed by atoms with Gasteiger partial charge in [-0.25, -0.2) is 9.18 Å². The van der Waals surface area contributed by atoms with Crippen LogP contribution < -0.4 is 18.7 Å². The number of fused-ring (bicyclic) bond motifs is 5. The van der Waals surface area contributed by atoms with Crippen molar-refractivity contribution in [2.75, 3.05) is 13.4 Å². The first-order valence-electron chi connectivity index (χ1n) is 12.7. The first-order chi connectivity index (χ1) is 19.2. The summed E-state index contributed by atoms with van der Waals surface area (Å²) in [6.07, 6.45) is -4.92. The number of benzene rings is 4. The number of amides is 1. The molecule has 1 amide bonds. The second-order valence-corrected chi connectivity index (χ2v) is 10.3. The Bertz CT molecular complexity index is 1720. The lowest BCUT2D eigenvalue weighted by Crippen LogP contribution is -2.54. The minimum Gasteiger partial charge on any atom is -0.491 e. The second kappa shape index (κ2) is 8.32. The number of carbonyl (C=O) groups is 1. The molecular formula is C31H22F4NO4+. The van der Waals surface area contributed by atoms with Crippen molar-refractivity contribution in [3.05, 3.63) is 112 Å². The van der Waals surface area contributed by atoms with Crippen LogP contribution in [-0.4, -0.2) is 19.3 Å². The molecule has 0 N–H and O–H groups in total. The number of para-hydroxylation sites is 1. The average Bonchev–Trinajstić information content (AvgIpc) is 3.60. The van der Waals surface area contributed by atoms with E-state index in [0.717, 1.165) is 17.7 Å². The van der Waals surface area contributed by atoms with Crippen LogP contribution in [0.25, 0.3) is 0 Å². The van der Waals surface area contributed by atoms with Crippen LogP contribution in [0.3, 0.4) is 0 Å². The second-order valence-electron chi connectivity index (χ2n) is 10.3. The van der Waals surface area contributed by atoms with E-state index in [1.54, 1.807) is 48.5 Å². The molecule has 0 fully saturated rings. The van der Waals surface area contributed by atoms with Crippen LogP contribution in [0.2, 0.25) is 0 Å². The quantitative estimate of drug-likeness (QED) is 0.206. The molecule has 7 rings (SSSR count). The molecule has 0 radical (unpaired) electrons. The summed E-state index contributed by atoms with van der Waals surface area (Å²) in [7, 11) is 0. The Hall–Kier alpha value is -4.37. The third-order valence-corrected chi connectivity index (χ3v) is 8.21. The highest BCUT2D eigenvalue weighted by Crippen LogP contribution is 2.61. The summed E-state index contributed by atoms with van der Waals surface area (Å²) >= 11 is 0. The van der Waals surface area contributed by atoms with Gasteiger partial charge in [0.15, 0.2) is 28.3 Å². The molecule has 40 heavy (non-hydrogen) atoms. The van der Waals surface area contributed by atoms with E-state index in [1.807, 2.05) is 19.1 Å². The van der Waals surface area contributed by atoms with E-state index in [1.165, 1.54) is 0 Å². The normalized spacial score (nSPS) is 22.4. The van der Waals surface area contributed by atoms with E-state index >= 15 is 4.79 Å². The van der Waals surface area contributed by atoms with Crippen LogP contribution >= 0.6 is 0 Å². The molecule has 3 aliphatic heterocycles. The zero-order valence-electron chi connectivity index (χ0n) is 21.2. The zero-order valence-corrected chi connectivity index (χ0v) is 21.2. The lowest BCUT2D eigenvalue weighted by Gasteiger charge is -2.35. The summed E-state index contributed by atoms with van der Waals surface area (Å²) in [6, 6.07) is 20.0. The molecule has 3 heterocycles. The minimum absolute atomic E-state index is 0.00751. The third kappa shape index (κ3) is 3.21. The highest BCUT2D eigenvalue weighted by Gasteiger charge is 2.68. The average molecular weight is 549 g/mol. The monoisotopic (exact) mass is 548 g/mol. The smallest absolute Gasteiger partial charge is 0.422 e. The summed E-state index contributed by atoms with van der Waals surface area (Å²) < 4.78 is 74.5. The number of ether oxygens (including phenoxy) is 3. The van der Waals surface area contributed by atoms with Crippen LogP contribution in [0, 0.1) is 12.7 Å². The van der Waals surface area contributed by atoms with Gasteiger partial charge in [-0.1, -0.05) is 42.5 Å². The minimum atomic E-state index is -4.92. The molecule has 4 aromatic rings. The fraction of sp³-hybridized carbons (Fsp3) is 0.194. The number of carbonyl (C=O) groups excluding carboxylic acids is 1. The molecule has 202 valence electrons. The summed E-state index contributed by atoms with van der Waals surface area (Å²) in [5.74, 6) is -0.268. The van der Waals surface area contributed by atoms with Crippen molar-refractivity contribution in [3.8, 4) is 17.2 Å². The molecule has 4 aromatic carbocycles. The number of rotatable bonds is 3. The van der Waals surface area contributed by atoms with Crippen molar-refractivity contribution in [3.63, 3.8) is 0 Å². The standard InChI is InChI=1S/C31H22F4NO4/c1-18-6-2-3-7-19(18)15-36(25-11-10-20(32)12-22(25)31(33,34)35)24-9-5-4-8-21(24)30(29(36)37)16-38-26-14-28-27(13-23(26)30)39-17-40-28/h2-14H,15-17H2,1H3/q+1. The van der Waals surface area contributed by atoms with Gasteiger partial charge in [0.2, 0.25) is 6.79 Å². The molecule has 0 aliphatic carbocycles. The van der Waals surface area contributed by atoms with Crippen LogP contribution in [0.4, 0.5) is 28.9 Å². The van der Waals surface area contributed by atoms with E-state index in [2.05, 4.69) is 0 Å². The first-order valence-corrected chi connectivity index (χ1v) is 12.7. The number of hydrogen-bond donors (Lipinski definition) is 0. The van der Waals surface area contributed by atoms with Gasteiger partial charge in [-0.05, 0) is 30.7 Å². The van der Waals surface area contributed by atoms with Crippen molar-refractivity contribution >= 4 is 17.3 Å². The lowest BCUT2D eigenvalue weighted by molar-refractivity contribution is -0.139. The van der Waals surface area contributed by atoms with Crippen molar-refractivity contribution in [1.29, 1.82) is 0 Å². The molecule has 1 spiro atoms. The van der Waals surface area contributed by atoms with Crippen LogP contribution in [0.5, 0.6) is 17.2 Å². The molecule has 2 unspecified atom stereocenters. The number of aryl methyl sites for hydroxylation is 1. The number of nitrogens with zero attached hydrogens (tertiary/aromatic N) is 1. The van der Waals surface area contributed by atoms with Gasteiger partial charge < -0.3 is 14.2 Å². The Labute approximate surface area is 226 Å². The number of quaternary nitrogens is 1. The van der Waals surface area contributed by atoms with Gasteiger partial charge in [0, 0.05) is 34.9 Å². The highest BCUT2D eigenvalue weighted by molar-refractivity contribution is 6.12. The number of hydrogen-bond acceptors (Lipinski definition) is 4. The van der Waals surface area contributed by atoms with Gasteiger partial charge >= 0.3 is 12.1 Å². The summed E-state index contributed by atoms with van der Waals surface area (Å²) in [5.41, 5.74) is -0.0854. The van der Waals surface area contributed by atoms with E-state index in [4.69, 9.17) is 14.2 Å². The zero-order chi connectivity index (χ0) is 27.9. The number of halogens is 4. The summed E-state index contributed by atoms with van der Waals surface area (Å²) in [6.45, 7) is 1.63. The maximum absolute atomic E-state index is 15.2. The predicted molar refractivity (Wildman–Crippen MR) is 138 cm³/mol. The van der Waals surface area contributed by atoms with E-state index in [0.29, 0.717) is 45.7 Å². The van der Waals surface area contributed by atoms with Gasteiger partial charge in [0.25, 0.3) is 0 Å². The van der Waals surface area contributed by atoms with Crippen molar-refractivity contribution < 1.29 is 36.6 Å².